The van der Waals surface area contributed by atoms with Crippen LogP contribution in [0.4, 0.5) is 5.69 Å². The molecule has 0 aromatic heterocycles. The van der Waals surface area contributed by atoms with E-state index in [1.165, 1.54) is 5.56 Å². The maximum absolute atomic E-state index is 6.52. The molecule has 0 amide bonds. The lowest BCUT2D eigenvalue weighted by Crippen LogP contribution is -2.19. The van der Waals surface area contributed by atoms with Crippen molar-refractivity contribution < 1.29 is 0 Å². The number of hydrogen-bond acceptors (Lipinski definition) is 2. The average molecular weight is 381 g/mol. The van der Waals surface area contributed by atoms with Crippen LogP contribution in [0.15, 0.2) is 77.9 Å². The van der Waals surface area contributed by atoms with E-state index in [1.54, 1.807) is 0 Å². The van der Waals surface area contributed by atoms with Gasteiger partial charge in [-0.1, -0.05) is 77.3 Å². The van der Waals surface area contributed by atoms with Crippen molar-refractivity contribution in [3.05, 3.63) is 99.5 Å². The molecular formula is C22H18Cl2N2. The van der Waals surface area contributed by atoms with Gasteiger partial charge in [-0.2, -0.15) is 5.10 Å². The van der Waals surface area contributed by atoms with Crippen molar-refractivity contribution in [1.29, 1.82) is 0 Å². The van der Waals surface area contributed by atoms with Gasteiger partial charge < -0.3 is 0 Å². The molecule has 3 aromatic carbocycles. The molecular weight excluding hydrogens is 363 g/mol. The van der Waals surface area contributed by atoms with Crippen molar-refractivity contribution >= 4 is 34.6 Å². The fourth-order valence-electron chi connectivity index (χ4n) is 3.38. The Morgan fingerprint density at radius 3 is 2.27 bits per heavy atom. The normalized spacial score (nSPS) is 16.7. The first-order chi connectivity index (χ1) is 12.6. The second-order valence-corrected chi connectivity index (χ2v) is 7.27. The fourth-order valence-corrected chi connectivity index (χ4v) is 4.03. The van der Waals surface area contributed by atoms with Crippen molar-refractivity contribution in [2.24, 2.45) is 5.10 Å². The molecule has 130 valence electrons. The predicted molar refractivity (Wildman–Crippen MR) is 110 cm³/mol. The number of halogens is 2. The quantitative estimate of drug-likeness (QED) is 0.495. The van der Waals surface area contributed by atoms with Gasteiger partial charge in [0.2, 0.25) is 0 Å². The SMILES string of the molecule is Cc1cccc(C2=NN(c3ccccc3)C(c3c(Cl)cccc3Cl)C2)c1. The maximum Gasteiger partial charge on any atom is 0.0860 e. The first kappa shape index (κ1) is 17.1. The lowest BCUT2D eigenvalue weighted by Gasteiger charge is -2.25. The fraction of sp³-hybridized carbons (Fsp3) is 0.136. The topological polar surface area (TPSA) is 15.6 Å². The number of hydrazone groups is 1. The highest BCUT2D eigenvalue weighted by molar-refractivity contribution is 6.36. The third-order valence-corrected chi connectivity index (χ3v) is 5.27. The number of rotatable bonds is 3. The van der Waals surface area contributed by atoms with E-state index in [1.807, 2.05) is 41.4 Å². The summed E-state index contributed by atoms with van der Waals surface area (Å²) in [4.78, 5) is 0. The van der Waals surface area contributed by atoms with E-state index in [4.69, 9.17) is 28.3 Å². The zero-order valence-electron chi connectivity index (χ0n) is 14.4. The standard InChI is InChI=1S/C22H18Cl2N2/c1-15-7-5-8-16(13-15)20-14-21(22-18(23)11-6-12-19(22)24)26(25-20)17-9-3-2-4-10-17/h2-13,21H,14H2,1H3. The Morgan fingerprint density at radius 2 is 1.58 bits per heavy atom. The number of para-hydroxylation sites is 1. The average Bonchev–Trinajstić information content (AvgIpc) is 3.07. The van der Waals surface area contributed by atoms with E-state index >= 15 is 0 Å². The Bertz CT molecular complexity index is 947. The predicted octanol–water partition coefficient (Wildman–Crippen LogP) is 6.66. The third-order valence-electron chi connectivity index (χ3n) is 4.62. The molecule has 0 N–H and O–H groups in total. The van der Waals surface area contributed by atoms with Gasteiger partial charge in [-0.05, 0) is 36.8 Å². The molecule has 0 fully saturated rings. The number of nitrogens with zero attached hydrogens (tertiary/aromatic N) is 2. The molecule has 0 saturated carbocycles. The first-order valence-electron chi connectivity index (χ1n) is 8.56. The summed E-state index contributed by atoms with van der Waals surface area (Å²) in [6, 6.07) is 24.2. The molecule has 1 unspecified atom stereocenters. The minimum absolute atomic E-state index is 0.0332. The van der Waals surface area contributed by atoms with Gasteiger partial charge in [0.05, 0.1) is 17.4 Å². The lowest BCUT2D eigenvalue weighted by molar-refractivity contribution is 0.709. The first-order valence-corrected chi connectivity index (χ1v) is 9.32. The molecule has 4 heteroatoms. The van der Waals surface area contributed by atoms with Gasteiger partial charge >= 0.3 is 0 Å². The number of aryl methyl sites for hydroxylation is 1. The molecule has 1 aliphatic heterocycles. The second-order valence-electron chi connectivity index (χ2n) is 6.45. The molecule has 0 spiro atoms. The Kier molecular flexibility index (Phi) is 4.71. The van der Waals surface area contributed by atoms with E-state index in [-0.39, 0.29) is 6.04 Å². The van der Waals surface area contributed by atoms with Crippen LogP contribution in [0.2, 0.25) is 10.0 Å². The van der Waals surface area contributed by atoms with Crippen LogP contribution in [-0.2, 0) is 0 Å². The van der Waals surface area contributed by atoms with Crippen LogP contribution in [0, 0.1) is 6.92 Å². The smallest absolute Gasteiger partial charge is 0.0860 e. The maximum atomic E-state index is 6.52. The summed E-state index contributed by atoms with van der Waals surface area (Å²) >= 11 is 13.0. The molecule has 1 atom stereocenters. The molecule has 0 radical (unpaired) electrons. The Balaban J connectivity index is 1.81. The highest BCUT2D eigenvalue weighted by Gasteiger charge is 2.32. The van der Waals surface area contributed by atoms with Crippen molar-refractivity contribution in [3.8, 4) is 0 Å². The van der Waals surface area contributed by atoms with Gasteiger partial charge in [-0.3, -0.25) is 5.01 Å². The van der Waals surface area contributed by atoms with E-state index in [2.05, 4.69) is 43.3 Å². The van der Waals surface area contributed by atoms with E-state index in [0.29, 0.717) is 10.0 Å². The monoisotopic (exact) mass is 380 g/mol. The van der Waals surface area contributed by atoms with Gasteiger partial charge in [0.1, 0.15) is 0 Å². The Hall–Kier alpha value is -2.29. The number of benzene rings is 3. The molecule has 1 heterocycles. The van der Waals surface area contributed by atoms with Crippen LogP contribution in [0.1, 0.15) is 29.2 Å². The van der Waals surface area contributed by atoms with Gasteiger partial charge in [-0.25, -0.2) is 0 Å². The van der Waals surface area contributed by atoms with Crippen LogP contribution in [0.5, 0.6) is 0 Å². The molecule has 3 aromatic rings. The van der Waals surface area contributed by atoms with E-state index < -0.39 is 0 Å². The molecule has 0 saturated heterocycles. The van der Waals surface area contributed by atoms with Crippen molar-refractivity contribution in [2.45, 2.75) is 19.4 Å². The van der Waals surface area contributed by atoms with Crippen LogP contribution in [0.25, 0.3) is 0 Å². The van der Waals surface area contributed by atoms with Crippen molar-refractivity contribution in [1.82, 2.24) is 0 Å². The lowest BCUT2D eigenvalue weighted by atomic mass is 9.97. The van der Waals surface area contributed by atoms with Crippen molar-refractivity contribution in [2.75, 3.05) is 5.01 Å². The molecule has 26 heavy (non-hydrogen) atoms. The number of anilines is 1. The second kappa shape index (κ2) is 7.14. The summed E-state index contributed by atoms with van der Waals surface area (Å²) in [6.45, 7) is 2.09. The Morgan fingerprint density at radius 1 is 0.885 bits per heavy atom. The zero-order valence-corrected chi connectivity index (χ0v) is 15.9. The molecule has 0 bridgehead atoms. The van der Waals surface area contributed by atoms with Gasteiger partial charge in [0.15, 0.2) is 0 Å². The zero-order chi connectivity index (χ0) is 18.1. The van der Waals surface area contributed by atoms with Crippen LogP contribution in [-0.4, -0.2) is 5.71 Å². The minimum atomic E-state index is -0.0332. The summed E-state index contributed by atoms with van der Waals surface area (Å²) < 4.78 is 0. The van der Waals surface area contributed by atoms with Crippen LogP contribution in [0.3, 0.4) is 0 Å². The third kappa shape index (κ3) is 3.23. The Labute approximate surface area is 163 Å². The summed E-state index contributed by atoms with van der Waals surface area (Å²) in [5.74, 6) is 0. The molecule has 2 nitrogen and oxygen atoms in total. The molecule has 0 aliphatic carbocycles. The summed E-state index contributed by atoms with van der Waals surface area (Å²) in [6.07, 6.45) is 0.752. The summed E-state index contributed by atoms with van der Waals surface area (Å²) in [5.41, 5.74) is 5.34. The van der Waals surface area contributed by atoms with Crippen LogP contribution >= 0.6 is 23.2 Å². The van der Waals surface area contributed by atoms with Crippen molar-refractivity contribution in [3.63, 3.8) is 0 Å². The van der Waals surface area contributed by atoms with E-state index in [0.717, 1.165) is 28.9 Å². The molecule has 1 aliphatic rings. The van der Waals surface area contributed by atoms with Gasteiger partial charge in [0.25, 0.3) is 0 Å². The van der Waals surface area contributed by atoms with Gasteiger partial charge in [0, 0.05) is 22.0 Å². The highest BCUT2D eigenvalue weighted by atomic mass is 35.5. The minimum Gasteiger partial charge on any atom is -0.257 e. The highest BCUT2D eigenvalue weighted by Crippen LogP contribution is 2.42. The van der Waals surface area contributed by atoms with Gasteiger partial charge in [-0.15, -0.1) is 0 Å². The summed E-state index contributed by atoms with van der Waals surface area (Å²) in [5, 5.41) is 8.32. The summed E-state index contributed by atoms with van der Waals surface area (Å²) in [7, 11) is 0. The van der Waals surface area contributed by atoms with E-state index in [9.17, 15) is 0 Å². The number of hydrogen-bond donors (Lipinski definition) is 0. The molecule has 4 rings (SSSR count). The van der Waals surface area contributed by atoms with Crippen LogP contribution < -0.4 is 5.01 Å². The largest absolute Gasteiger partial charge is 0.257 e.